The fourth-order valence-corrected chi connectivity index (χ4v) is 3.18. The van der Waals surface area contributed by atoms with Crippen LogP contribution >= 0.6 is 11.8 Å². The predicted molar refractivity (Wildman–Crippen MR) is 99.0 cm³/mol. The average Bonchev–Trinajstić information content (AvgIpc) is 2.52. The summed E-state index contributed by atoms with van der Waals surface area (Å²) in [6.07, 6.45) is 0.535. The molecule has 0 radical (unpaired) electrons. The Hall–Kier alpha value is -1.74. The van der Waals surface area contributed by atoms with Crippen LogP contribution in [0.5, 0.6) is 0 Å². The van der Waals surface area contributed by atoms with E-state index in [0.29, 0.717) is 6.42 Å². The molecular weight excluding hydrogens is 302 g/mol. The molecule has 3 heteroatoms. The van der Waals surface area contributed by atoms with Gasteiger partial charge in [-0.25, -0.2) is 0 Å². The topological polar surface area (TPSA) is 29.1 Å². The summed E-state index contributed by atoms with van der Waals surface area (Å²) in [5, 5.41) is 3.09. The minimum absolute atomic E-state index is 0.0474. The van der Waals surface area contributed by atoms with E-state index in [2.05, 4.69) is 68.6 Å². The minimum Gasteiger partial charge on any atom is -0.350 e. The lowest BCUT2D eigenvalue weighted by Crippen LogP contribution is -2.26. The van der Waals surface area contributed by atoms with Crippen LogP contribution in [0.15, 0.2) is 47.4 Å². The molecule has 23 heavy (non-hydrogen) atoms. The highest BCUT2D eigenvalue weighted by Gasteiger charge is 2.10. The smallest absolute Gasteiger partial charge is 0.221 e. The summed E-state index contributed by atoms with van der Waals surface area (Å²) in [4.78, 5) is 13.3. The Morgan fingerprint density at radius 2 is 1.74 bits per heavy atom. The van der Waals surface area contributed by atoms with Gasteiger partial charge >= 0.3 is 0 Å². The fourth-order valence-electron chi connectivity index (χ4n) is 2.33. The van der Waals surface area contributed by atoms with E-state index < -0.39 is 0 Å². The van der Waals surface area contributed by atoms with Crippen molar-refractivity contribution in [3.05, 3.63) is 64.7 Å². The summed E-state index contributed by atoms with van der Waals surface area (Å²) in [6.45, 7) is 8.32. The Balaban J connectivity index is 1.79. The monoisotopic (exact) mass is 327 g/mol. The van der Waals surface area contributed by atoms with Gasteiger partial charge in [-0.3, -0.25) is 4.79 Å². The molecule has 0 heterocycles. The van der Waals surface area contributed by atoms with Gasteiger partial charge in [-0.05, 0) is 56.5 Å². The van der Waals surface area contributed by atoms with E-state index in [1.54, 1.807) is 11.8 Å². The molecule has 0 fully saturated rings. The number of carbonyl (C=O) groups excluding carboxylic acids is 1. The Morgan fingerprint density at radius 3 is 2.39 bits per heavy atom. The quantitative estimate of drug-likeness (QED) is 0.759. The molecule has 122 valence electrons. The number of hydrogen-bond donors (Lipinski definition) is 1. The van der Waals surface area contributed by atoms with Gasteiger partial charge in [-0.2, -0.15) is 0 Å². The van der Waals surface area contributed by atoms with Gasteiger partial charge in [0.25, 0.3) is 0 Å². The Bertz CT molecular complexity index is 664. The maximum Gasteiger partial charge on any atom is 0.221 e. The number of rotatable bonds is 6. The number of benzene rings is 2. The second-order valence-electron chi connectivity index (χ2n) is 6.04. The third kappa shape index (κ3) is 5.43. The van der Waals surface area contributed by atoms with Crippen molar-refractivity contribution in [3.63, 3.8) is 0 Å². The number of carbonyl (C=O) groups is 1. The molecule has 0 saturated carbocycles. The van der Waals surface area contributed by atoms with Crippen LogP contribution in [0, 0.1) is 20.8 Å². The van der Waals surface area contributed by atoms with Crippen molar-refractivity contribution in [2.45, 2.75) is 45.1 Å². The molecular formula is C20H25NOS. The lowest BCUT2D eigenvalue weighted by Gasteiger charge is -2.15. The van der Waals surface area contributed by atoms with Crippen LogP contribution in [0.4, 0.5) is 0 Å². The predicted octanol–water partition coefficient (Wildman–Crippen LogP) is 4.97. The molecule has 0 aliphatic carbocycles. The molecule has 0 bridgehead atoms. The highest BCUT2D eigenvalue weighted by atomic mass is 32.2. The molecule has 2 aromatic rings. The molecule has 2 aromatic carbocycles. The second-order valence-corrected chi connectivity index (χ2v) is 7.21. The first-order valence-corrected chi connectivity index (χ1v) is 9.00. The first-order valence-electron chi connectivity index (χ1n) is 8.01. The second kappa shape index (κ2) is 8.21. The van der Waals surface area contributed by atoms with Gasteiger partial charge in [-0.15, -0.1) is 11.8 Å². The van der Waals surface area contributed by atoms with Crippen molar-refractivity contribution < 1.29 is 4.79 Å². The molecule has 2 nitrogen and oxygen atoms in total. The molecule has 1 N–H and O–H groups in total. The van der Waals surface area contributed by atoms with Gasteiger partial charge in [0, 0.05) is 17.1 Å². The first kappa shape index (κ1) is 17.6. The van der Waals surface area contributed by atoms with E-state index in [0.717, 1.165) is 11.3 Å². The van der Waals surface area contributed by atoms with E-state index >= 15 is 0 Å². The van der Waals surface area contributed by atoms with Crippen LogP contribution in [0.2, 0.25) is 0 Å². The number of aryl methyl sites for hydroxylation is 3. The molecule has 1 atom stereocenters. The summed E-state index contributed by atoms with van der Waals surface area (Å²) in [6, 6.07) is 14.8. The van der Waals surface area contributed by atoms with Crippen molar-refractivity contribution in [2.75, 3.05) is 5.75 Å². The zero-order chi connectivity index (χ0) is 16.8. The van der Waals surface area contributed by atoms with Crippen LogP contribution in [-0.2, 0) is 4.79 Å². The molecule has 2 rings (SSSR count). The highest BCUT2D eigenvalue weighted by molar-refractivity contribution is 7.99. The summed E-state index contributed by atoms with van der Waals surface area (Å²) in [5.41, 5.74) is 4.96. The fraction of sp³-hybridized carbons (Fsp3) is 0.350. The van der Waals surface area contributed by atoms with Crippen molar-refractivity contribution in [1.82, 2.24) is 5.32 Å². The zero-order valence-electron chi connectivity index (χ0n) is 14.3. The van der Waals surface area contributed by atoms with E-state index in [4.69, 9.17) is 0 Å². The van der Waals surface area contributed by atoms with Gasteiger partial charge in [0.1, 0.15) is 0 Å². The molecule has 0 unspecified atom stereocenters. The first-order chi connectivity index (χ1) is 11.0. The van der Waals surface area contributed by atoms with Crippen molar-refractivity contribution >= 4 is 17.7 Å². The van der Waals surface area contributed by atoms with Gasteiger partial charge in [-0.1, -0.05) is 35.9 Å². The summed E-state index contributed by atoms with van der Waals surface area (Å²) < 4.78 is 0. The normalized spacial score (nSPS) is 12.0. The minimum atomic E-state index is 0.0474. The summed E-state index contributed by atoms with van der Waals surface area (Å²) in [5.74, 6) is 0.907. The number of nitrogens with one attached hydrogen (secondary N) is 1. The maximum absolute atomic E-state index is 12.1. The molecule has 0 spiro atoms. The Morgan fingerprint density at radius 1 is 1.04 bits per heavy atom. The summed E-state index contributed by atoms with van der Waals surface area (Å²) >= 11 is 1.72. The van der Waals surface area contributed by atoms with Gasteiger partial charge in [0.05, 0.1) is 6.04 Å². The van der Waals surface area contributed by atoms with Crippen LogP contribution in [0.1, 0.15) is 41.6 Å². The summed E-state index contributed by atoms with van der Waals surface area (Å²) in [7, 11) is 0. The third-order valence-corrected chi connectivity index (χ3v) is 5.04. The van der Waals surface area contributed by atoms with E-state index in [9.17, 15) is 4.79 Å². The van der Waals surface area contributed by atoms with E-state index in [-0.39, 0.29) is 11.9 Å². The van der Waals surface area contributed by atoms with Crippen LogP contribution in [0.3, 0.4) is 0 Å². The number of hydrogen-bond acceptors (Lipinski definition) is 2. The van der Waals surface area contributed by atoms with E-state index in [1.165, 1.54) is 21.6 Å². The molecule has 1 amide bonds. The maximum atomic E-state index is 12.1. The molecule has 0 saturated heterocycles. The van der Waals surface area contributed by atoms with Crippen LogP contribution in [-0.4, -0.2) is 11.7 Å². The van der Waals surface area contributed by atoms with Gasteiger partial charge < -0.3 is 5.32 Å². The lowest BCUT2D eigenvalue weighted by molar-refractivity contribution is -0.121. The number of thioether (sulfide) groups is 1. The average molecular weight is 327 g/mol. The molecule has 0 aromatic heterocycles. The lowest BCUT2D eigenvalue weighted by atomic mass is 10.0. The molecule has 0 aliphatic rings. The van der Waals surface area contributed by atoms with Crippen molar-refractivity contribution in [3.8, 4) is 0 Å². The zero-order valence-corrected chi connectivity index (χ0v) is 15.2. The standard InChI is InChI=1S/C20H25NOS/c1-14-5-9-19(10-6-14)23-12-11-20(22)21-17(4)18-8-7-15(2)16(3)13-18/h5-10,13,17H,11-12H2,1-4H3,(H,21,22)/t17-/m1/s1. The molecule has 0 aliphatic heterocycles. The van der Waals surface area contributed by atoms with Crippen molar-refractivity contribution in [2.24, 2.45) is 0 Å². The van der Waals surface area contributed by atoms with Gasteiger partial charge in [0.15, 0.2) is 0 Å². The van der Waals surface area contributed by atoms with Crippen molar-refractivity contribution in [1.29, 1.82) is 0 Å². The van der Waals surface area contributed by atoms with Crippen LogP contribution < -0.4 is 5.32 Å². The van der Waals surface area contributed by atoms with E-state index in [1.807, 2.05) is 6.92 Å². The Labute approximate surface area is 143 Å². The largest absolute Gasteiger partial charge is 0.350 e. The van der Waals surface area contributed by atoms with Gasteiger partial charge in [0.2, 0.25) is 5.91 Å². The SMILES string of the molecule is Cc1ccc(SCCC(=O)N[C@H](C)c2ccc(C)c(C)c2)cc1. The Kier molecular flexibility index (Phi) is 6.28. The highest BCUT2D eigenvalue weighted by Crippen LogP contribution is 2.20. The third-order valence-electron chi connectivity index (χ3n) is 4.03. The van der Waals surface area contributed by atoms with Crippen LogP contribution in [0.25, 0.3) is 0 Å². The number of amides is 1.